The van der Waals surface area contributed by atoms with Crippen LogP contribution in [0, 0.1) is 6.92 Å². The number of piperidine rings is 1. The average Bonchev–Trinajstić information content (AvgIpc) is 3.63. The lowest BCUT2D eigenvalue weighted by Crippen LogP contribution is -2.46. The lowest BCUT2D eigenvalue weighted by Gasteiger charge is -2.38. The Morgan fingerprint density at radius 1 is 1.10 bits per heavy atom. The molecule has 0 spiro atoms. The van der Waals surface area contributed by atoms with Crippen molar-refractivity contribution in [1.29, 1.82) is 0 Å². The van der Waals surface area contributed by atoms with E-state index in [1.165, 1.54) is 7.11 Å². The summed E-state index contributed by atoms with van der Waals surface area (Å²) in [6.07, 6.45) is 2.35. The van der Waals surface area contributed by atoms with Gasteiger partial charge in [0.15, 0.2) is 5.82 Å². The summed E-state index contributed by atoms with van der Waals surface area (Å²) >= 11 is 0. The fourth-order valence-corrected chi connectivity index (χ4v) is 6.01. The second kappa shape index (κ2) is 11.9. The van der Waals surface area contributed by atoms with Crippen molar-refractivity contribution in [3.05, 3.63) is 35.5 Å². The highest BCUT2D eigenvalue weighted by Gasteiger charge is 2.35. The third-order valence-electron chi connectivity index (χ3n) is 8.09. The number of morpholine rings is 1. The van der Waals surface area contributed by atoms with Gasteiger partial charge in [-0.2, -0.15) is 28.6 Å². The third kappa shape index (κ3) is 5.58. The molecule has 212 valence electrons. The molecule has 10 nitrogen and oxygen atoms in total. The number of nitrogens with zero attached hydrogens (tertiary/aromatic N) is 6. The second-order valence-corrected chi connectivity index (χ2v) is 10.4. The number of ether oxygens (including phenoxy) is 3. The molecule has 3 fully saturated rings. The number of anilines is 1. The van der Waals surface area contributed by atoms with Gasteiger partial charge < -0.3 is 24.2 Å². The second-order valence-electron chi connectivity index (χ2n) is 10.4. The zero-order valence-electron chi connectivity index (χ0n) is 22.4. The summed E-state index contributed by atoms with van der Waals surface area (Å²) in [5.41, 5.74) is 2.97. The molecule has 5 heterocycles. The van der Waals surface area contributed by atoms with Crippen molar-refractivity contribution in [3.8, 4) is 11.8 Å². The Bertz CT molecular complexity index is 1290. The minimum Gasteiger partial charge on any atom is -0.467 e. The molecule has 1 N–H and O–H groups in total. The smallest absolute Gasteiger partial charge is 0.320 e. The summed E-state index contributed by atoms with van der Waals surface area (Å²) in [6.45, 7) is 6.44. The molecule has 2 aromatic heterocycles. The van der Waals surface area contributed by atoms with Crippen LogP contribution >= 0.6 is 13.5 Å². The topological polar surface area (TPSA) is 98.0 Å². The molecule has 3 aliphatic heterocycles. The van der Waals surface area contributed by atoms with Gasteiger partial charge in [-0.15, -0.1) is 0 Å². The lowest BCUT2D eigenvalue weighted by atomic mass is 9.84. The third-order valence-corrected chi connectivity index (χ3v) is 8.09. The quantitative estimate of drug-likeness (QED) is 0.487. The number of likely N-dealkylation sites (tertiary alicyclic amines) is 1. The van der Waals surface area contributed by atoms with Gasteiger partial charge >= 0.3 is 6.01 Å². The Hall–Kier alpha value is -2.51. The van der Waals surface area contributed by atoms with Crippen molar-refractivity contribution in [2.75, 3.05) is 64.6 Å². The predicted molar refractivity (Wildman–Crippen MR) is 150 cm³/mol. The molecule has 0 aliphatic carbocycles. The van der Waals surface area contributed by atoms with Crippen LogP contribution in [0.3, 0.4) is 0 Å². The van der Waals surface area contributed by atoms with Gasteiger partial charge in [-0.3, -0.25) is 4.90 Å². The van der Waals surface area contributed by atoms with E-state index in [0.717, 1.165) is 48.0 Å². The molecule has 4 atom stereocenters. The van der Waals surface area contributed by atoms with E-state index in [0.29, 0.717) is 50.5 Å². The van der Waals surface area contributed by atoms with Crippen LogP contribution in [-0.2, 0) is 9.47 Å². The Morgan fingerprint density at radius 2 is 1.95 bits per heavy atom. The molecule has 3 unspecified atom stereocenters. The first-order valence-corrected chi connectivity index (χ1v) is 13.4. The summed E-state index contributed by atoms with van der Waals surface area (Å²) in [5, 5.41) is 15.2. The van der Waals surface area contributed by atoms with E-state index < -0.39 is 6.17 Å². The number of aryl methyl sites for hydroxylation is 1. The number of fused-ring (bicyclic) bond motifs is 1. The van der Waals surface area contributed by atoms with Crippen LogP contribution in [0.2, 0.25) is 0 Å². The van der Waals surface area contributed by atoms with Crippen LogP contribution < -0.4 is 9.64 Å². The number of halogens is 1. The van der Waals surface area contributed by atoms with Gasteiger partial charge in [0.2, 0.25) is 0 Å². The average molecular weight is 561 g/mol. The zero-order valence-corrected chi connectivity index (χ0v) is 23.4. The van der Waals surface area contributed by atoms with Crippen LogP contribution in [0.15, 0.2) is 24.4 Å². The van der Waals surface area contributed by atoms with Crippen LogP contribution in [0.5, 0.6) is 6.01 Å². The summed E-state index contributed by atoms with van der Waals surface area (Å²) < 4.78 is 33.9. The van der Waals surface area contributed by atoms with Crippen LogP contribution in [-0.4, -0.2) is 108 Å². The molecule has 12 heteroatoms. The molecular weight excluding hydrogens is 523 g/mol. The van der Waals surface area contributed by atoms with E-state index >= 15 is 4.39 Å². The highest BCUT2D eigenvalue weighted by molar-refractivity contribution is 7.59. The molecule has 0 amide bonds. The summed E-state index contributed by atoms with van der Waals surface area (Å²) in [5.74, 6) is 1.08. The Morgan fingerprint density at radius 3 is 2.69 bits per heavy atom. The fourth-order valence-electron chi connectivity index (χ4n) is 6.01. The van der Waals surface area contributed by atoms with E-state index in [-0.39, 0.29) is 38.1 Å². The minimum absolute atomic E-state index is 0. The summed E-state index contributed by atoms with van der Waals surface area (Å²) in [7, 11) is 1.53. The first kappa shape index (κ1) is 28.0. The van der Waals surface area contributed by atoms with E-state index in [4.69, 9.17) is 14.2 Å². The van der Waals surface area contributed by atoms with Crippen molar-refractivity contribution in [2.45, 2.75) is 44.0 Å². The molecule has 3 aromatic rings. The van der Waals surface area contributed by atoms with Crippen LogP contribution in [0.25, 0.3) is 16.7 Å². The van der Waals surface area contributed by atoms with E-state index in [1.54, 1.807) is 4.68 Å². The van der Waals surface area contributed by atoms with Crippen LogP contribution in [0.1, 0.15) is 29.9 Å². The SMILES string of the molecule is COc1nc(N2CCO[C@H](CO)C2)cc(-n2ncc3cc(C)c(C4CCN(C5CCOC5)CC4F)cc32)n1.S. The summed E-state index contributed by atoms with van der Waals surface area (Å²) in [6, 6.07) is 6.60. The molecule has 3 saturated heterocycles. The van der Waals surface area contributed by atoms with Gasteiger partial charge in [-0.25, -0.2) is 9.07 Å². The first-order chi connectivity index (χ1) is 18.5. The largest absolute Gasteiger partial charge is 0.467 e. The number of benzene rings is 1. The number of aliphatic hydroxyl groups is 1. The molecule has 0 radical (unpaired) electrons. The monoisotopic (exact) mass is 560 g/mol. The molecule has 0 bridgehead atoms. The molecule has 0 saturated carbocycles. The number of hydrogen-bond acceptors (Lipinski definition) is 9. The predicted octanol–water partition coefficient (Wildman–Crippen LogP) is 2.36. The number of aliphatic hydroxyl groups excluding tert-OH is 1. The number of hydrogen-bond donors (Lipinski definition) is 1. The summed E-state index contributed by atoms with van der Waals surface area (Å²) in [4.78, 5) is 13.4. The maximum absolute atomic E-state index is 15.6. The van der Waals surface area contributed by atoms with Crippen molar-refractivity contribution in [3.63, 3.8) is 0 Å². The molecule has 1 aromatic carbocycles. The number of alkyl halides is 1. The standard InChI is InChI=1S/C27H35FN6O4.H2S/c1-17-9-18-12-29-34(26-11-25(30-27(31-26)36-2)33-6-8-38-20(13-33)15-35)24(18)10-22(17)21-3-5-32(14-23(21)28)19-4-7-37-16-19;/h9-12,19-21,23,35H,3-8,13-16H2,1-2H3;1H2/t19?,20-,21?,23?;/m0./s1. The lowest BCUT2D eigenvalue weighted by molar-refractivity contribution is 0.00333. The van der Waals surface area contributed by atoms with Gasteiger partial charge in [0, 0.05) is 49.7 Å². The highest BCUT2D eigenvalue weighted by atomic mass is 32.1. The molecule has 3 aliphatic rings. The normalized spacial score (nSPS) is 26.1. The van der Waals surface area contributed by atoms with Gasteiger partial charge in [0.05, 0.1) is 44.7 Å². The number of methoxy groups -OCH3 is 1. The number of aromatic nitrogens is 4. The van der Waals surface area contributed by atoms with E-state index in [9.17, 15) is 5.11 Å². The minimum atomic E-state index is -0.941. The highest BCUT2D eigenvalue weighted by Crippen LogP contribution is 2.36. The van der Waals surface area contributed by atoms with Crippen molar-refractivity contribution < 1.29 is 23.7 Å². The Kier molecular flexibility index (Phi) is 8.57. The fraction of sp³-hybridized carbons (Fsp3) is 0.593. The first-order valence-electron chi connectivity index (χ1n) is 13.4. The van der Waals surface area contributed by atoms with Gasteiger partial charge in [0.25, 0.3) is 0 Å². The van der Waals surface area contributed by atoms with Crippen molar-refractivity contribution in [1.82, 2.24) is 24.6 Å². The van der Waals surface area contributed by atoms with Crippen LogP contribution in [0.4, 0.5) is 10.2 Å². The zero-order chi connectivity index (χ0) is 26.2. The molecular formula is C27H37FN6O4S. The number of rotatable bonds is 6. The molecule has 39 heavy (non-hydrogen) atoms. The molecule has 6 rings (SSSR count). The van der Waals surface area contributed by atoms with Gasteiger partial charge in [-0.1, -0.05) is 0 Å². The maximum atomic E-state index is 15.6. The Balaban J connectivity index is 0.00000308. The van der Waals surface area contributed by atoms with E-state index in [1.807, 2.05) is 12.3 Å². The van der Waals surface area contributed by atoms with Crippen molar-refractivity contribution >= 4 is 30.2 Å². The van der Waals surface area contributed by atoms with Gasteiger partial charge in [0.1, 0.15) is 12.0 Å². The van der Waals surface area contributed by atoms with Crippen molar-refractivity contribution in [2.24, 2.45) is 0 Å². The van der Waals surface area contributed by atoms with E-state index in [2.05, 4.69) is 43.9 Å². The maximum Gasteiger partial charge on any atom is 0.320 e. The van der Waals surface area contributed by atoms with Gasteiger partial charge in [-0.05, 0) is 49.6 Å². The Labute approximate surface area is 234 Å².